The van der Waals surface area contributed by atoms with Gasteiger partial charge in [-0.25, -0.2) is 4.79 Å². The van der Waals surface area contributed by atoms with Crippen LogP contribution in [0.15, 0.2) is 18.2 Å². The number of ether oxygens (including phenoxy) is 2. The Morgan fingerprint density at radius 1 is 1.16 bits per heavy atom. The Hall–Kier alpha value is -1.99. The zero-order chi connectivity index (χ0) is 21.5. The molecule has 1 aliphatic carbocycles. The summed E-state index contributed by atoms with van der Waals surface area (Å²) in [5.74, 6) is 1.69. The van der Waals surface area contributed by atoms with Crippen LogP contribution in [0.25, 0.3) is 0 Å². The summed E-state index contributed by atoms with van der Waals surface area (Å²) in [5.41, 5.74) is 1.07. The van der Waals surface area contributed by atoms with E-state index in [9.17, 15) is 4.79 Å². The van der Waals surface area contributed by atoms with Gasteiger partial charge in [0.05, 0.1) is 13.2 Å². The average molecular weight is 431 g/mol. The molecule has 1 atom stereocenters. The minimum Gasteiger partial charge on any atom is -0.497 e. The normalized spacial score (nSPS) is 22.9. The molecule has 3 aliphatic rings. The minimum absolute atomic E-state index is 0.0209. The lowest BCUT2D eigenvalue weighted by Crippen LogP contribution is -2.51. The van der Waals surface area contributed by atoms with E-state index in [0.717, 1.165) is 55.6 Å². The van der Waals surface area contributed by atoms with E-state index >= 15 is 0 Å². The van der Waals surface area contributed by atoms with Crippen LogP contribution in [0.2, 0.25) is 0 Å². The molecular formula is C24H38N4O3. The summed E-state index contributed by atoms with van der Waals surface area (Å²) in [6, 6.07) is 6.51. The predicted octanol–water partition coefficient (Wildman–Crippen LogP) is 2.64. The maximum Gasteiger partial charge on any atom is 0.315 e. The van der Waals surface area contributed by atoms with E-state index in [1.165, 1.54) is 45.2 Å². The van der Waals surface area contributed by atoms with Crippen molar-refractivity contribution in [1.29, 1.82) is 0 Å². The number of carbonyl (C=O) groups excluding carboxylic acids is 1. The molecule has 172 valence electrons. The first-order chi connectivity index (χ1) is 15.2. The molecule has 4 rings (SSSR count). The molecule has 2 amide bonds. The number of carbonyl (C=O) groups is 1. The molecule has 31 heavy (non-hydrogen) atoms. The van der Waals surface area contributed by atoms with Gasteiger partial charge in [0.2, 0.25) is 0 Å². The summed E-state index contributed by atoms with van der Waals surface area (Å²) in [6.07, 6.45) is 8.77. The highest BCUT2D eigenvalue weighted by Gasteiger charge is 2.25. The van der Waals surface area contributed by atoms with Gasteiger partial charge in [-0.05, 0) is 56.0 Å². The number of hydrogen-bond donors (Lipinski definition) is 2. The van der Waals surface area contributed by atoms with Crippen molar-refractivity contribution < 1.29 is 14.3 Å². The van der Waals surface area contributed by atoms with Gasteiger partial charge in [-0.15, -0.1) is 0 Å². The Morgan fingerprint density at radius 2 is 1.97 bits per heavy atom. The van der Waals surface area contributed by atoms with Crippen LogP contribution in [-0.4, -0.2) is 80.9 Å². The number of urea groups is 1. The maximum atomic E-state index is 12.3. The van der Waals surface area contributed by atoms with E-state index in [4.69, 9.17) is 9.47 Å². The van der Waals surface area contributed by atoms with Crippen molar-refractivity contribution in [1.82, 2.24) is 20.4 Å². The van der Waals surface area contributed by atoms with E-state index in [2.05, 4.69) is 20.4 Å². The van der Waals surface area contributed by atoms with Crippen molar-refractivity contribution in [2.45, 2.75) is 57.0 Å². The Balaban J connectivity index is 1.09. The Morgan fingerprint density at radius 3 is 2.74 bits per heavy atom. The van der Waals surface area contributed by atoms with E-state index < -0.39 is 0 Å². The fraction of sp³-hybridized carbons (Fsp3) is 0.708. The van der Waals surface area contributed by atoms with Crippen molar-refractivity contribution in [2.75, 3.05) is 53.0 Å². The van der Waals surface area contributed by atoms with Crippen molar-refractivity contribution >= 4 is 6.03 Å². The van der Waals surface area contributed by atoms with Gasteiger partial charge in [0.15, 0.2) is 0 Å². The second-order valence-corrected chi connectivity index (χ2v) is 9.11. The number of rotatable bonds is 7. The average Bonchev–Trinajstić information content (AvgIpc) is 2.82. The van der Waals surface area contributed by atoms with Crippen LogP contribution in [0.1, 0.15) is 44.1 Å². The van der Waals surface area contributed by atoms with Gasteiger partial charge in [-0.2, -0.15) is 0 Å². The van der Waals surface area contributed by atoms with Crippen LogP contribution in [0, 0.1) is 0 Å². The van der Waals surface area contributed by atoms with Crippen LogP contribution in [-0.2, 0) is 6.42 Å². The van der Waals surface area contributed by atoms with Crippen molar-refractivity contribution in [3.8, 4) is 11.5 Å². The Kier molecular flexibility index (Phi) is 7.92. The summed E-state index contributed by atoms with van der Waals surface area (Å²) in [6.45, 7) is 6.97. The lowest BCUT2D eigenvalue weighted by Gasteiger charge is -2.40. The number of piperazine rings is 1. The quantitative estimate of drug-likeness (QED) is 0.651. The topological polar surface area (TPSA) is 66.1 Å². The molecule has 7 heteroatoms. The highest BCUT2D eigenvalue weighted by molar-refractivity contribution is 5.74. The van der Waals surface area contributed by atoms with Crippen molar-refractivity contribution in [3.63, 3.8) is 0 Å². The zero-order valence-electron chi connectivity index (χ0n) is 18.9. The third kappa shape index (κ3) is 6.26. The van der Waals surface area contributed by atoms with E-state index in [1.807, 2.05) is 18.2 Å². The van der Waals surface area contributed by atoms with Gasteiger partial charge >= 0.3 is 6.03 Å². The third-order valence-corrected chi connectivity index (χ3v) is 6.94. The first-order valence-electron chi connectivity index (χ1n) is 12.0. The SMILES string of the molecule is COc1ccc2c(c1)C[C@H](NC(=O)NCCCN1CCN(C3CCCCC3)CC1)CO2. The van der Waals surface area contributed by atoms with Gasteiger partial charge in [-0.3, -0.25) is 4.90 Å². The van der Waals surface area contributed by atoms with Crippen LogP contribution in [0.3, 0.4) is 0 Å². The maximum absolute atomic E-state index is 12.3. The van der Waals surface area contributed by atoms with Crippen LogP contribution in [0.5, 0.6) is 11.5 Å². The Labute approximate surface area is 186 Å². The van der Waals surface area contributed by atoms with Gasteiger partial charge in [0.25, 0.3) is 0 Å². The largest absolute Gasteiger partial charge is 0.497 e. The number of nitrogens with one attached hydrogen (secondary N) is 2. The molecule has 0 bridgehead atoms. The van der Waals surface area contributed by atoms with Gasteiger partial charge in [0, 0.05) is 38.8 Å². The molecule has 7 nitrogen and oxygen atoms in total. The van der Waals surface area contributed by atoms with Crippen LogP contribution >= 0.6 is 0 Å². The zero-order valence-corrected chi connectivity index (χ0v) is 18.9. The molecule has 2 aliphatic heterocycles. The van der Waals surface area contributed by atoms with Crippen molar-refractivity contribution in [3.05, 3.63) is 23.8 Å². The summed E-state index contributed by atoms with van der Waals surface area (Å²) in [7, 11) is 1.66. The molecule has 0 aromatic heterocycles. The molecule has 2 fully saturated rings. The molecule has 0 spiro atoms. The summed E-state index contributed by atoms with van der Waals surface area (Å²) < 4.78 is 11.1. The summed E-state index contributed by atoms with van der Waals surface area (Å²) in [5, 5.41) is 6.05. The molecule has 2 heterocycles. The fourth-order valence-corrected chi connectivity index (χ4v) is 5.13. The highest BCUT2D eigenvalue weighted by Crippen LogP contribution is 2.28. The smallest absolute Gasteiger partial charge is 0.315 e. The number of fused-ring (bicyclic) bond motifs is 1. The highest BCUT2D eigenvalue weighted by atomic mass is 16.5. The predicted molar refractivity (Wildman–Crippen MR) is 122 cm³/mol. The molecule has 0 radical (unpaired) electrons. The van der Waals surface area contributed by atoms with Gasteiger partial charge < -0.3 is 25.0 Å². The van der Waals surface area contributed by atoms with Crippen LogP contribution in [0.4, 0.5) is 4.79 Å². The van der Waals surface area contributed by atoms with Gasteiger partial charge in [0.1, 0.15) is 18.1 Å². The molecule has 0 unspecified atom stereocenters. The number of hydrogen-bond acceptors (Lipinski definition) is 5. The van der Waals surface area contributed by atoms with E-state index in [0.29, 0.717) is 13.2 Å². The van der Waals surface area contributed by atoms with Crippen LogP contribution < -0.4 is 20.1 Å². The minimum atomic E-state index is -0.109. The number of benzene rings is 1. The first kappa shape index (κ1) is 22.2. The molecule has 1 aromatic carbocycles. The summed E-state index contributed by atoms with van der Waals surface area (Å²) >= 11 is 0. The molecule has 1 saturated heterocycles. The number of methoxy groups -OCH3 is 1. The first-order valence-corrected chi connectivity index (χ1v) is 12.0. The number of amides is 2. The lowest BCUT2D eigenvalue weighted by atomic mass is 9.94. The lowest BCUT2D eigenvalue weighted by molar-refractivity contribution is 0.0785. The molecular weight excluding hydrogens is 392 g/mol. The van der Waals surface area contributed by atoms with Gasteiger partial charge in [-0.1, -0.05) is 19.3 Å². The molecule has 2 N–H and O–H groups in total. The molecule has 1 saturated carbocycles. The second-order valence-electron chi connectivity index (χ2n) is 9.11. The summed E-state index contributed by atoms with van der Waals surface area (Å²) in [4.78, 5) is 17.5. The second kappa shape index (κ2) is 11.0. The third-order valence-electron chi connectivity index (χ3n) is 6.94. The Bertz CT molecular complexity index is 715. The van der Waals surface area contributed by atoms with E-state index in [-0.39, 0.29) is 12.1 Å². The standard InChI is InChI=1S/C24H38N4O3/c1-30-22-8-9-23-19(17-22)16-20(18-31-23)26-24(29)25-10-5-11-27-12-14-28(15-13-27)21-6-3-2-4-7-21/h8-9,17,20-21H,2-7,10-16,18H2,1H3,(H2,25,26,29)/t20-/m0/s1. The van der Waals surface area contributed by atoms with E-state index in [1.54, 1.807) is 7.11 Å². The van der Waals surface area contributed by atoms with Crippen molar-refractivity contribution in [2.24, 2.45) is 0 Å². The fourth-order valence-electron chi connectivity index (χ4n) is 5.13. The number of nitrogens with zero attached hydrogens (tertiary/aromatic N) is 2. The monoisotopic (exact) mass is 430 g/mol. The molecule has 1 aromatic rings.